The Balaban J connectivity index is 1.49. The zero-order valence-electron chi connectivity index (χ0n) is 16.2. The number of rotatable bonds is 4. The highest BCUT2D eigenvalue weighted by Crippen LogP contribution is 2.46. The molecule has 4 rings (SSSR count). The van der Waals surface area contributed by atoms with Gasteiger partial charge in [0.15, 0.2) is 0 Å². The summed E-state index contributed by atoms with van der Waals surface area (Å²) in [5.41, 5.74) is 3.38. The minimum absolute atomic E-state index is 0.0375. The van der Waals surface area contributed by atoms with Gasteiger partial charge in [0.2, 0.25) is 5.91 Å². The highest BCUT2D eigenvalue weighted by Gasteiger charge is 2.42. The predicted molar refractivity (Wildman–Crippen MR) is 108 cm³/mol. The molecule has 1 amide bonds. The summed E-state index contributed by atoms with van der Waals surface area (Å²) in [4.78, 5) is 12.8. The van der Waals surface area contributed by atoms with Crippen molar-refractivity contribution in [2.45, 2.75) is 69.9 Å². The lowest BCUT2D eigenvalue weighted by molar-refractivity contribution is -0.122. The van der Waals surface area contributed by atoms with E-state index in [4.69, 9.17) is 4.74 Å². The Morgan fingerprint density at radius 3 is 2.48 bits per heavy atom. The summed E-state index contributed by atoms with van der Waals surface area (Å²) < 4.78 is 6.46. The topological polar surface area (TPSA) is 38.3 Å². The van der Waals surface area contributed by atoms with Crippen LogP contribution in [0.3, 0.4) is 0 Å². The van der Waals surface area contributed by atoms with Gasteiger partial charge in [-0.2, -0.15) is 0 Å². The fraction of sp³-hybridized carbons (Fsp3) is 0.458. The van der Waals surface area contributed by atoms with Crippen LogP contribution >= 0.6 is 0 Å². The molecule has 3 heteroatoms. The summed E-state index contributed by atoms with van der Waals surface area (Å²) in [5.74, 6) is 1.04. The summed E-state index contributed by atoms with van der Waals surface area (Å²) >= 11 is 0. The third-order valence-electron chi connectivity index (χ3n) is 6.09. The summed E-state index contributed by atoms with van der Waals surface area (Å²) in [6, 6.07) is 16.6. The molecule has 1 aliphatic carbocycles. The molecule has 2 aromatic rings. The van der Waals surface area contributed by atoms with Gasteiger partial charge >= 0.3 is 0 Å². The van der Waals surface area contributed by atoms with Crippen LogP contribution in [0.1, 0.15) is 68.2 Å². The van der Waals surface area contributed by atoms with E-state index in [9.17, 15) is 4.79 Å². The molecule has 142 valence electrons. The molecule has 1 atom stereocenters. The van der Waals surface area contributed by atoms with E-state index in [0.29, 0.717) is 6.42 Å². The van der Waals surface area contributed by atoms with E-state index in [2.05, 4.69) is 42.6 Å². The van der Waals surface area contributed by atoms with Gasteiger partial charge in [-0.15, -0.1) is 0 Å². The first-order chi connectivity index (χ1) is 13.2. The molecule has 0 radical (unpaired) electrons. The van der Waals surface area contributed by atoms with E-state index >= 15 is 0 Å². The number of carbonyl (C=O) groups excluding carboxylic acids is 1. The van der Waals surface area contributed by atoms with Crippen LogP contribution in [0, 0.1) is 0 Å². The Bertz CT molecular complexity index is 790. The van der Waals surface area contributed by atoms with E-state index < -0.39 is 0 Å². The molecule has 1 spiro atoms. The third kappa shape index (κ3) is 4.02. The van der Waals surface area contributed by atoms with Gasteiger partial charge in [0.25, 0.3) is 0 Å². The Morgan fingerprint density at radius 2 is 1.74 bits per heavy atom. The Kier molecular flexibility index (Phi) is 5.20. The molecule has 0 unspecified atom stereocenters. The maximum absolute atomic E-state index is 12.8. The van der Waals surface area contributed by atoms with Gasteiger partial charge in [-0.25, -0.2) is 0 Å². The van der Waals surface area contributed by atoms with Crippen molar-refractivity contribution in [3.05, 3.63) is 65.2 Å². The van der Waals surface area contributed by atoms with Gasteiger partial charge in [0.1, 0.15) is 11.4 Å². The molecule has 2 aliphatic rings. The standard InChI is InChI=1S/C24H29NO2/c1-2-18-10-12-19(13-11-18)16-23(26)25-21-17-24(14-6-3-7-15-24)27-22-9-5-4-8-20(21)22/h4-5,8-13,21H,2-3,6-7,14-17H2,1H3,(H,25,26)/t21-/m0/s1. The molecule has 1 N–H and O–H groups in total. The number of hydrogen-bond acceptors (Lipinski definition) is 2. The van der Waals surface area contributed by atoms with Crippen molar-refractivity contribution in [2.24, 2.45) is 0 Å². The zero-order chi connectivity index (χ0) is 18.7. The van der Waals surface area contributed by atoms with Crippen LogP contribution < -0.4 is 10.1 Å². The first-order valence-corrected chi connectivity index (χ1v) is 10.3. The van der Waals surface area contributed by atoms with Gasteiger partial charge in [-0.1, -0.05) is 55.8 Å². The first kappa shape index (κ1) is 18.1. The Hall–Kier alpha value is -2.29. The van der Waals surface area contributed by atoms with Crippen molar-refractivity contribution in [1.29, 1.82) is 0 Å². The van der Waals surface area contributed by atoms with Gasteiger partial charge in [-0.05, 0) is 49.3 Å². The predicted octanol–water partition coefficient (Wildman–Crippen LogP) is 5.13. The smallest absolute Gasteiger partial charge is 0.224 e. The van der Waals surface area contributed by atoms with Crippen LogP contribution in [-0.4, -0.2) is 11.5 Å². The number of fused-ring (bicyclic) bond motifs is 1. The third-order valence-corrected chi connectivity index (χ3v) is 6.09. The Labute approximate surface area is 162 Å². The van der Waals surface area contributed by atoms with Crippen LogP contribution in [0.5, 0.6) is 5.75 Å². The molecular formula is C24H29NO2. The van der Waals surface area contributed by atoms with Crippen LogP contribution in [-0.2, 0) is 17.6 Å². The molecule has 1 aliphatic heterocycles. The number of para-hydroxylation sites is 1. The van der Waals surface area contributed by atoms with Crippen molar-refractivity contribution in [3.63, 3.8) is 0 Å². The highest BCUT2D eigenvalue weighted by molar-refractivity contribution is 5.79. The van der Waals surface area contributed by atoms with E-state index in [0.717, 1.165) is 42.6 Å². The molecule has 27 heavy (non-hydrogen) atoms. The van der Waals surface area contributed by atoms with Crippen LogP contribution in [0.25, 0.3) is 0 Å². The van der Waals surface area contributed by atoms with Gasteiger partial charge < -0.3 is 10.1 Å². The summed E-state index contributed by atoms with van der Waals surface area (Å²) in [6.07, 6.45) is 8.23. The number of nitrogens with one attached hydrogen (secondary N) is 1. The average Bonchev–Trinajstić information content (AvgIpc) is 2.69. The highest BCUT2D eigenvalue weighted by atomic mass is 16.5. The van der Waals surface area contributed by atoms with Crippen molar-refractivity contribution in [2.75, 3.05) is 0 Å². The second kappa shape index (κ2) is 7.75. The molecule has 2 aromatic carbocycles. The van der Waals surface area contributed by atoms with Crippen molar-refractivity contribution >= 4 is 5.91 Å². The maximum atomic E-state index is 12.8. The van der Waals surface area contributed by atoms with Crippen molar-refractivity contribution in [3.8, 4) is 5.75 Å². The van der Waals surface area contributed by atoms with Crippen LogP contribution in [0.15, 0.2) is 48.5 Å². The molecule has 1 fully saturated rings. The first-order valence-electron chi connectivity index (χ1n) is 10.3. The number of hydrogen-bond donors (Lipinski definition) is 1. The lowest BCUT2D eigenvalue weighted by atomic mass is 9.77. The van der Waals surface area contributed by atoms with Crippen LogP contribution in [0.4, 0.5) is 0 Å². The number of benzene rings is 2. The molecule has 0 bridgehead atoms. The number of aryl methyl sites for hydroxylation is 1. The second-order valence-corrected chi connectivity index (χ2v) is 8.05. The monoisotopic (exact) mass is 363 g/mol. The quantitative estimate of drug-likeness (QED) is 0.817. The zero-order valence-corrected chi connectivity index (χ0v) is 16.2. The molecule has 1 saturated carbocycles. The lowest BCUT2D eigenvalue weighted by Gasteiger charge is -2.44. The van der Waals surface area contributed by atoms with E-state index in [1.807, 2.05) is 18.2 Å². The fourth-order valence-electron chi connectivity index (χ4n) is 4.57. The normalized spacial score (nSPS) is 20.6. The van der Waals surface area contributed by atoms with Gasteiger partial charge in [0.05, 0.1) is 12.5 Å². The summed E-state index contributed by atoms with van der Waals surface area (Å²) in [5, 5.41) is 3.30. The van der Waals surface area contributed by atoms with Crippen molar-refractivity contribution < 1.29 is 9.53 Å². The maximum Gasteiger partial charge on any atom is 0.224 e. The summed E-state index contributed by atoms with van der Waals surface area (Å²) in [6.45, 7) is 2.14. The van der Waals surface area contributed by atoms with Gasteiger partial charge in [0, 0.05) is 12.0 Å². The van der Waals surface area contributed by atoms with Gasteiger partial charge in [-0.3, -0.25) is 4.79 Å². The van der Waals surface area contributed by atoms with E-state index in [-0.39, 0.29) is 17.6 Å². The molecular weight excluding hydrogens is 334 g/mol. The van der Waals surface area contributed by atoms with Crippen LogP contribution in [0.2, 0.25) is 0 Å². The van der Waals surface area contributed by atoms with E-state index in [1.54, 1.807) is 0 Å². The number of carbonyl (C=O) groups is 1. The van der Waals surface area contributed by atoms with Crippen molar-refractivity contribution in [1.82, 2.24) is 5.32 Å². The molecule has 0 saturated heterocycles. The Morgan fingerprint density at radius 1 is 1.04 bits per heavy atom. The molecule has 0 aromatic heterocycles. The summed E-state index contributed by atoms with van der Waals surface area (Å²) in [7, 11) is 0. The minimum Gasteiger partial charge on any atom is -0.487 e. The van der Waals surface area contributed by atoms with E-state index in [1.165, 1.54) is 24.8 Å². The lowest BCUT2D eigenvalue weighted by Crippen LogP contribution is -2.46. The average molecular weight is 364 g/mol. The minimum atomic E-state index is -0.104. The number of ether oxygens (including phenoxy) is 1. The second-order valence-electron chi connectivity index (χ2n) is 8.05. The fourth-order valence-corrected chi connectivity index (χ4v) is 4.57. The molecule has 3 nitrogen and oxygen atoms in total. The SMILES string of the molecule is CCc1ccc(CC(=O)N[C@H]2CC3(CCCCC3)Oc3ccccc32)cc1. The molecule has 1 heterocycles. The largest absolute Gasteiger partial charge is 0.487 e. The number of amides is 1.